The number of benzene rings is 2. The second kappa shape index (κ2) is 8.29. The zero-order valence-corrected chi connectivity index (χ0v) is 14.0. The van der Waals surface area contributed by atoms with E-state index in [1.807, 2.05) is 0 Å². The fourth-order valence-corrected chi connectivity index (χ4v) is 3.00. The van der Waals surface area contributed by atoms with Crippen LogP contribution in [0.4, 0.5) is 0 Å². The van der Waals surface area contributed by atoms with Crippen molar-refractivity contribution < 1.29 is 29.7 Å². The van der Waals surface area contributed by atoms with E-state index in [9.17, 15) is 29.7 Å². The Balaban J connectivity index is 2.35. The van der Waals surface area contributed by atoms with Crippen LogP contribution in [-0.2, 0) is 27.2 Å². The number of carbonyl (C=O) groups is 3. The van der Waals surface area contributed by atoms with Crippen molar-refractivity contribution in [2.45, 2.75) is 19.3 Å². The maximum atomic E-state index is 11.9. The largest absolute Gasteiger partial charge is 0.481 e. The highest BCUT2D eigenvalue weighted by atomic mass is 16.4. The van der Waals surface area contributed by atoms with Crippen LogP contribution in [-0.4, -0.2) is 33.2 Å². The fourth-order valence-electron chi connectivity index (χ4n) is 3.00. The molecule has 0 aliphatic heterocycles. The predicted molar refractivity (Wildman–Crippen MR) is 93.7 cm³/mol. The monoisotopic (exact) mass is 356 g/mol. The lowest BCUT2D eigenvalue weighted by molar-refractivity contribution is -0.167. The van der Waals surface area contributed by atoms with E-state index in [1.54, 1.807) is 60.7 Å². The number of aliphatic carboxylic acids is 3. The number of carboxylic acids is 3. The van der Waals surface area contributed by atoms with Crippen molar-refractivity contribution in [3.8, 4) is 0 Å². The van der Waals surface area contributed by atoms with E-state index in [-0.39, 0.29) is 12.8 Å². The molecule has 1 unspecified atom stereocenters. The van der Waals surface area contributed by atoms with Crippen LogP contribution in [0.2, 0.25) is 0 Å². The molecule has 0 fully saturated rings. The summed E-state index contributed by atoms with van der Waals surface area (Å²) in [6.07, 6.45) is -0.721. The quantitative estimate of drug-likeness (QED) is 0.596. The molecule has 0 saturated carbocycles. The molecule has 136 valence electrons. The lowest BCUT2D eigenvalue weighted by Crippen LogP contribution is -2.44. The predicted octanol–water partition coefficient (Wildman–Crippen LogP) is 2.72. The van der Waals surface area contributed by atoms with Crippen LogP contribution in [0.25, 0.3) is 0 Å². The van der Waals surface area contributed by atoms with Gasteiger partial charge in [0.1, 0.15) is 0 Å². The van der Waals surface area contributed by atoms with Crippen LogP contribution in [0, 0.1) is 11.3 Å². The zero-order valence-electron chi connectivity index (χ0n) is 14.0. The van der Waals surface area contributed by atoms with E-state index in [4.69, 9.17) is 0 Å². The molecule has 0 radical (unpaired) electrons. The lowest BCUT2D eigenvalue weighted by atomic mass is 9.73. The van der Waals surface area contributed by atoms with Gasteiger partial charge in [-0.05, 0) is 30.4 Å². The van der Waals surface area contributed by atoms with Crippen molar-refractivity contribution in [1.82, 2.24) is 0 Å². The lowest BCUT2D eigenvalue weighted by Gasteiger charge is -2.28. The number of hydrogen-bond donors (Lipinski definition) is 3. The Morgan fingerprint density at radius 3 is 1.65 bits per heavy atom. The van der Waals surface area contributed by atoms with Gasteiger partial charge in [-0.2, -0.15) is 0 Å². The van der Waals surface area contributed by atoms with Gasteiger partial charge in [-0.15, -0.1) is 0 Å². The fraction of sp³-hybridized carbons (Fsp3) is 0.250. The molecule has 1 atom stereocenters. The van der Waals surface area contributed by atoms with E-state index < -0.39 is 35.7 Å². The Bertz CT molecular complexity index is 755. The molecule has 0 aliphatic rings. The molecule has 0 saturated heterocycles. The molecule has 6 heteroatoms. The smallest absolute Gasteiger partial charge is 0.321 e. The molecule has 3 N–H and O–H groups in total. The van der Waals surface area contributed by atoms with Crippen molar-refractivity contribution in [3.63, 3.8) is 0 Å². The molecule has 2 aromatic carbocycles. The Hall–Kier alpha value is -3.15. The average molecular weight is 356 g/mol. The van der Waals surface area contributed by atoms with E-state index in [0.29, 0.717) is 11.1 Å². The van der Waals surface area contributed by atoms with Gasteiger partial charge in [-0.1, -0.05) is 60.7 Å². The molecular weight excluding hydrogens is 336 g/mol. The molecule has 6 nitrogen and oxygen atoms in total. The third kappa shape index (κ3) is 4.47. The maximum Gasteiger partial charge on any atom is 0.321 e. The normalized spacial score (nSPS) is 12.3. The summed E-state index contributed by atoms with van der Waals surface area (Å²) in [4.78, 5) is 35.5. The second-order valence-corrected chi connectivity index (χ2v) is 6.28. The van der Waals surface area contributed by atoms with Gasteiger partial charge in [0.25, 0.3) is 0 Å². The van der Waals surface area contributed by atoms with Crippen LogP contribution >= 0.6 is 0 Å². The van der Waals surface area contributed by atoms with Gasteiger partial charge in [0.05, 0.1) is 5.92 Å². The summed E-state index contributed by atoms with van der Waals surface area (Å²) in [5, 5.41) is 28.9. The summed E-state index contributed by atoms with van der Waals surface area (Å²) in [7, 11) is 0. The van der Waals surface area contributed by atoms with Crippen LogP contribution in [0.1, 0.15) is 17.5 Å². The van der Waals surface area contributed by atoms with Crippen LogP contribution in [0.15, 0.2) is 60.7 Å². The first-order valence-electron chi connectivity index (χ1n) is 8.12. The molecule has 0 amide bonds. The Labute approximate surface area is 150 Å². The van der Waals surface area contributed by atoms with Gasteiger partial charge in [-0.25, -0.2) is 0 Å². The highest BCUT2D eigenvalue weighted by Gasteiger charge is 2.49. The van der Waals surface area contributed by atoms with Crippen LogP contribution in [0.3, 0.4) is 0 Å². The van der Waals surface area contributed by atoms with Gasteiger partial charge in [0.2, 0.25) is 0 Å². The van der Waals surface area contributed by atoms with Crippen molar-refractivity contribution in [3.05, 3.63) is 71.8 Å². The third-order valence-electron chi connectivity index (χ3n) is 4.44. The first-order chi connectivity index (χ1) is 12.3. The molecule has 0 heterocycles. The van der Waals surface area contributed by atoms with E-state index in [2.05, 4.69) is 0 Å². The van der Waals surface area contributed by atoms with Crippen molar-refractivity contribution >= 4 is 17.9 Å². The average Bonchev–Trinajstić information content (AvgIpc) is 2.61. The number of rotatable bonds is 9. The van der Waals surface area contributed by atoms with Gasteiger partial charge in [0.15, 0.2) is 5.41 Å². The van der Waals surface area contributed by atoms with Crippen molar-refractivity contribution in [1.29, 1.82) is 0 Å². The summed E-state index contributed by atoms with van der Waals surface area (Å²) in [6.45, 7) is 0. The molecule has 0 spiro atoms. The number of hydrogen-bond acceptors (Lipinski definition) is 3. The minimum absolute atomic E-state index is 0.0628. The number of carboxylic acid groups (broad SMARTS) is 3. The SMILES string of the molecule is O=C(O)C(Cc1ccccc1)CC(Cc1ccccc1)(C(=O)O)C(=O)O. The molecule has 2 rings (SSSR count). The Kier molecular flexibility index (Phi) is 6.11. The maximum absolute atomic E-state index is 11.9. The standard InChI is InChI=1S/C20H20O6/c21-17(22)16(11-14-7-3-1-4-8-14)13-20(18(23)24,19(25)26)12-15-9-5-2-6-10-15/h1-10,16H,11-13H2,(H,21,22)(H,23,24)(H,25,26). The van der Waals surface area contributed by atoms with E-state index in [1.165, 1.54) is 0 Å². The molecule has 0 bridgehead atoms. The van der Waals surface area contributed by atoms with Gasteiger partial charge in [0, 0.05) is 0 Å². The molecule has 0 aliphatic carbocycles. The van der Waals surface area contributed by atoms with E-state index >= 15 is 0 Å². The first kappa shape index (κ1) is 19.2. The summed E-state index contributed by atoms with van der Waals surface area (Å²) in [5.74, 6) is -5.41. The molecular formula is C20H20O6. The third-order valence-corrected chi connectivity index (χ3v) is 4.44. The highest BCUT2D eigenvalue weighted by molar-refractivity contribution is 5.99. The van der Waals surface area contributed by atoms with Crippen LogP contribution in [0.5, 0.6) is 0 Å². The van der Waals surface area contributed by atoms with Gasteiger partial charge < -0.3 is 15.3 Å². The van der Waals surface area contributed by atoms with Gasteiger partial charge >= 0.3 is 17.9 Å². The first-order valence-corrected chi connectivity index (χ1v) is 8.12. The van der Waals surface area contributed by atoms with Crippen LogP contribution < -0.4 is 0 Å². The van der Waals surface area contributed by atoms with Crippen molar-refractivity contribution in [2.24, 2.45) is 11.3 Å². The Morgan fingerprint density at radius 1 is 0.769 bits per heavy atom. The molecule has 2 aromatic rings. The minimum Gasteiger partial charge on any atom is -0.481 e. The second-order valence-electron chi connectivity index (χ2n) is 6.28. The topological polar surface area (TPSA) is 112 Å². The molecule has 0 aromatic heterocycles. The summed E-state index contributed by atoms with van der Waals surface area (Å²) in [6, 6.07) is 17.1. The highest BCUT2D eigenvalue weighted by Crippen LogP contribution is 2.33. The van der Waals surface area contributed by atoms with Crippen molar-refractivity contribution in [2.75, 3.05) is 0 Å². The minimum atomic E-state index is -2.21. The molecule has 26 heavy (non-hydrogen) atoms. The Morgan fingerprint density at radius 2 is 1.23 bits per heavy atom. The zero-order chi connectivity index (χ0) is 19.2. The van der Waals surface area contributed by atoms with Gasteiger partial charge in [-0.3, -0.25) is 14.4 Å². The summed E-state index contributed by atoms with van der Waals surface area (Å²) >= 11 is 0. The summed E-state index contributed by atoms with van der Waals surface area (Å²) in [5.41, 5.74) is -0.968. The van der Waals surface area contributed by atoms with E-state index in [0.717, 1.165) is 0 Å². The summed E-state index contributed by atoms with van der Waals surface area (Å²) < 4.78 is 0.